The van der Waals surface area contributed by atoms with Crippen LogP contribution in [0.3, 0.4) is 0 Å². The maximum atomic E-state index is 13.1. The number of nitrogens with two attached hydrogens (primary N) is 1. The molecular weight excluding hydrogens is 245 g/mol. The molecule has 0 bridgehead atoms. The van der Waals surface area contributed by atoms with Gasteiger partial charge >= 0.3 is 0 Å². The minimum Gasteiger partial charge on any atom is -0.347 e. The van der Waals surface area contributed by atoms with Crippen molar-refractivity contribution in [2.75, 3.05) is 0 Å². The quantitative estimate of drug-likeness (QED) is 0.364. The summed E-state index contributed by atoms with van der Waals surface area (Å²) in [7, 11) is 0. The Kier molecular flexibility index (Phi) is 4.52. The molecule has 0 saturated heterocycles. The fourth-order valence-corrected chi connectivity index (χ4v) is 2.18. The summed E-state index contributed by atoms with van der Waals surface area (Å²) < 4.78 is 15.2. The highest BCUT2D eigenvalue weighted by atomic mass is 19.1. The molecule has 2 rings (SSSR count). The number of aromatic nitrogens is 1. The van der Waals surface area contributed by atoms with Gasteiger partial charge in [-0.05, 0) is 37.1 Å². The third-order valence-electron chi connectivity index (χ3n) is 3.20. The number of amides is 1. The molecule has 0 aliphatic carbocycles. The minimum absolute atomic E-state index is 0.123. The van der Waals surface area contributed by atoms with Gasteiger partial charge < -0.3 is 4.57 Å². The summed E-state index contributed by atoms with van der Waals surface area (Å²) in [4.78, 5) is 10.9. The van der Waals surface area contributed by atoms with E-state index in [4.69, 9.17) is 5.84 Å². The van der Waals surface area contributed by atoms with E-state index in [0.29, 0.717) is 6.42 Å². The molecule has 5 heteroatoms. The Morgan fingerprint density at radius 1 is 1.26 bits per heavy atom. The highest BCUT2D eigenvalue weighted by molar-refractivity contribution is 5.80. The van der Waals surface area contributed by atoms with E-state index in [1.54, 1.807) is 6.07 Å². The van der Waals surface area contributed by atoms with Crippen molar-refractivity contribution in [1.29, 1.82) is 0 Å². The molecule has 1 heterocycles. The predicted octanol–water partition coefficient (Wildman–Crippen LogP) is 2.33. The van der Waals surface area contributed by atoms with Crippen LogP contribution in [0.15, 0.2) is 30.5 Å². The number of nitrogens with one attached hydrogen (secondary N) is 1. The first-order valence-corrected chi connectivity index (χ1v) is 6.44. The van der Waals surface area contributed by atoms with E-state index in [1.165, 1.54) is 12.1 Å². The van der Waals surface area contributed by atoms with Crippen LogP contribution in [0.1, 0.15) is 25.7 Å². The molecule has 0 aliphatic heterocycles. The molecule has 0 atom stereocenters. The first-order chi connectivity index (χ1) is 9.20. The molecule has 0 radical (unpaired) electrons. The molecule has 102 valence electrons. The molecule has 0 spiro atoms. The van der Waals surface area contributed by atoms with Gasteiger partial charge in [-0.25, -0.2) is 10.2 Å². The molecule has 0 fully saturated rings. The van der Waals surface area contributed by atoms with Crippen molar-refractivity contribution in [1.82, 2.24) is 9.99 Å². The number of carbonyl (C=O) groups excluding carboxylic acids is 1. The summed E-state index contributed by atoms with van der Waals surface area (Å²) in [6.45, 7) is 0.874. The van der Waals surface area contributed by atoms with Crippen LogP contribution >= 0.6 is 0 Å². The van der Waals surface area contributed by atoms with Crippen LogP contribution in [0.5, 0.6) is 0 Å². The molecule has 0 unspecified atom stereocenters. The normalized spacial score (nSPS) is 10.8. The largest absolute Gasteiger partial charge is 0.347 e. The lowest BCUT2D eigenvalue weighted by Gasteiger charge is -2.05. The van der Waals surface area contributed by atoms with Crippen LogP contribution in [-0.2, 0) is 11.3 Å². The SMILES string of the molecule is NNC(=O)CCCCCn1ccc2cc(F)ccc21. The Morgan fingerprint density at radius 2 is 2.11 bits per heavy atom. The first kappa shape index (κ1) is 13.5. The molecular formula is C14H18FN3O. The van der Waals surface area contributed by atoms with Crippen molar-refractivity contribution in [3.63, 3.8) is 0 Å². The maximum Gasteiger partial charge on any atom is 0.233 e. The third-order valence-corrected chi connectivity index (χ3v) is 3.20. The van der Waals surface area contributed by atoms with Gasteiger partial charge in [-0.2, -0.15) is 0 Å². The van der Waals surface area contributed by atoms with E-state index in [9.17, 15) is 9.18 Å². The fourth-order valence-electron chi connectivity index (χ4n) is 2.18. The number of hydrogen-bond acceptors (Lipinski definition) is 2. The summed E-state index contributed by atoms with van der Waals surface area (Å²) in [6.07, 6.45) is 5.22. The van der Waals surface area contributed by atoms with E-state index in [1.807, 2.05) is 12.3 Å². The lowest BCUT2D eigenvalue weighted by atomic mass is 10.2. The highest BCUT2D eigenvalue weighted by Gasteiger charge is 2.02. The standard InChI is InChI=1S/C14H18FN3O/c15-12-5-6-13-11(10-12)7-9-18(13)8-3-1-2-4-14(19)17-16/h5-7,9-10H,1-4,8,16H2,(H,17,19). The molecule has 4 nitrogen and oxygen atoms in total. The van der Waals surface area contributed by atoms with E-state index < -0.39 is 0 Å². The number of unbranched alkanes of at least 4 members (excludes halogenated alkanes) is 2. The van der Waals surface area contributed by atoms with Crippen LogP contribution < -0.4 is 11.3 Å². The third kappa shape index (κ3) is 3.54. The topological polar surface area (TPSA) is 60.0 Å². The Bertz CT molecular complexity index is 565. The lowest BCUT2D eigenvalue weighted by Crippen LogP contribution is -2.29. The zero-order valence-corrected chi connectivity index (χ0v) is 10.7. The van der Waals surface area contributed by atoms with Crippen molar-refractivity contribution >= 4 is 16.8 Å². The number of carbonyl (C=O) groups is 1. The lowest BCUT2D eigenvalue weighted by molar-refractivity contribution is -0.121. The van der Waals surface area contributed by atoms with Gasteiger partial charge in [0, 0.05) is 30.1 Å². The summed E-state index contributed by atoms with van der Waals surface area (Å²) in [5.74, 6) is 4.67. The summed E-state index contributed by atoms with van der Waals surface area (Å²) >= 11 is 0. The summed E-state index contributed by atoms with van der Waals surface area (Å²) in [5.41, 5.74) is 3.16. The van der Waals surface area contributed by atoms with Crippen LogP contribution in [-0.4, -0.2) is 10.5 Å². The van der Waals surface area contributed by atoms with Crippen LogP contribution in [0, 0.1) is 5.82 Å². The van der Waals surface area contributed by atoms with Crippen molar-refractivity contribution in [2.45, 2.75) is 32.2 Å². The van der Waals surface area contributed by atoms with Gasteiger partial charge in [0.05, 0.1) is 0 Å². The fraction of sp³-hybridized carbons (Fsp3) is 0.357. The number of halogens is 1. The Balaban J connectivity index is 1.83. The molecule has 0 saturated carbocycles. The summed E-state index contributed by atoms with van der Waals surface area (Å²) in [5, 5.41) is 0.919. The van der Waals surface area contributed by atoms with Crippen molar-refractivity contribution in [3.05, 3.63) is 36.3 Å². The van der Waals surface area contributed by atoms with Crippen LogP contribution in [0.4, 0.5) is 4.39 Å². The Labute approximate surface area is 111 Å². The van der Waals surface area contributed by atoms with Gasteiger partial charge in [-0.1, -0.05) is 6.42 Å². The van der Waals surface area contributed by atoms with Crippen molar-refractivity contribution < 1.29 is 9.18 Å². The number of aryl methyl sites for hydroxylation is 1. The van der Waals surface area contributed by atoms with Crippen molar-refractivity contribution in [3.8, 4) is 0 Å². The number of benzene rings is 1. The molecule has 3 N–H and O–H groups in total. The molecule has 1 amide bonds. The van der Waals surface area contributed by atoms with E-state index in [2.05, 4.69) is 9.99 Å². The van der Waals surface area contributed by atoms with E-state index in [-0.39, 0.29) is 11.7 Å². The van der Waals surface area contributed by atoms with Crippen LogP contribution in [0.2, 0.25) is 0 Å². The van der Waals surface area contributed by atoms with Crippen LogP contribution in [0.25, 0.3) is 10.9 Å². The molecule has 1 aromatic heterocycles. The second-order valence-corrected chi connectivity index (χ2v) is 4.59. The average Bonchev–Trinajstić information content (AvgIpc) is 2.80. The molecule has 2 aromatic rings. The second kappa shape index (κ2) is 6.33. The zero-order chi connectivity index (χ0) is 13.7. The number of fused-ring (bicyclic) bond motifs is 1. The van der Waals surface area contributed by atoms with Gasteiger partial charge in [0.15, 0.2) is 0 Å². The average molecular weight is 263 g/mol. The van der Waals surface area contributed by atoms with Gasteiger partial charge in [0.2, 0.25) is 5.91 Å². The summed E-state index contributed by atoms with van der Waals surface area (Å²) in [6, 6.07) is 6.73. The van der Waals surface area contributed by atoms with Crippen molar-refractivity contribution in [2.24, 2.45) is 5.84 Å². The minimum atomic E-state index is -0.210. The Hall–Kier alpha value is -1.88. The maximum absolute atomic E-state index is 13.1. The molecule has 0 aliphatic rings. The molecule has 1 aromatic carbocycles. The second-order valence-electron chi connectivity index (χ2n) is 4.59. The number of nitrogens with zero attached hydrogens (tertiary/aromatic N) is 1. The highest BCUT2D eigenvalue weighted by Crippen LogP contribution is 2.17. The smallest absolute Gasteiger partial charge is 0.233 e. The van der Waals surface area contributed by atoms with E-state index >= 15 is 0 Å². The van der Waals surface area contributed by atoms with Gasteiger partial charge in [0.25, 0.3) is 0 Å². The first-order valence-electron chi connectivity index (χ1n) is 6.44. The van der Waals surface area contributed by atoms with Gasteiger partial charge in [0.1, 0.15) is 5.82 Å². The molecule has 19 heavy (non-hydrogen) atoms. The number of rotatable bonds is 6. The Morgan fingerprint density at radius 3 is 2.89 bits per heavy atom. The number of hydrogen-bond donors (Lipinski definition) is 2. The van der Waals surface area contributed by atoms with E-state index in [0.717, 1.165) is 36.7 Å². The van der Waals surface area contributed by atoms with Gasteiger partial charge in [-0.3, -0.25) is 10.2 Å². The zero-order valence-electron chi connectivity index (χ0n) is 10.7. The number of hydrazine groups is 1. The van der Waals surface area contributed by atoms with Gasteiger partial charge in [-0.15, -0.1) is 0 Å². The predicted molar refractivity (Wildman–Crippen MR) is 72.7 cm³/mol. The monoisotopic (exact) mass is 263 g/mol.